The van der Waals surface area contributed by atoms with Crippen molar-refractivity contribution in [3.8, 4) is 0 Å². The van der Waals surface area contributed by atoms with Gasteiger partial charge >= 0.3 is 0 Å². The Bertz CT molecular complexity index is 388. The summed E-state index contributed by atoms with van der Waals surface area (Å²) >= 11 is 9.37. The van der Waals surface area contributed by atoms with Crippen molar-refractivity contribution in [1.82, 2.24) is 0 Å². The molecular weight excluding hydrogens is 300 g/mol. The lowest BCUT2D eigenvalue weighted by Crippen LogP contribution is -2.14. The molecule has 0 heterocycles. The molecule has 0 saturated heterocycles. The van der Waals surface area contributed by atoms with Crippen LogP contribution in [0.4, 0.5) is 0 Å². The third kappa shape index (κ3) is 3.56. The zero-order valence-corrected chi connectivity index (χ0v) is 12.1. The van der Waals surface area contributed by atoms with Crippen molar-refractivity contribution in [3.63, 3.8) is 0 Å². The van der Waals surface area contributed by atoms with Crippen LogP contribution < -0.4 is 0 Å². The Balaban J connectivity index is 2.17. The summed E-state index contributed by atoms with van der Waals surface area (Å²) in [5, 5.41) is 0.622. The molecule has 1 aliphatic rings. The summed E-state index contributed by atoms with van der Waals surface area (Å²) < 4.78 is 0.877. The molecule has 0 aliphatic heterocycles. The van der Waals surface area contributed by atoms with E-state index in [-0.39, 0.29) is 11.7 Å². The van der Waals surface area contributed by atoms with E-state index in [4.69, 9.17) is 11.6 Å². The third-order valence-electron chi connectivity index (χ3n) is 3.37. The van der Waals surface area contributed by atoms with Gasteiger partial charge in [0, 0.05) is 21.0 Å². The molecule has 1 saturated carbocycles. The number of halogens is 2. The van der Waals surface area contributed by atoms with Gasteiger partial charge in [-0.05, 0) is 31.0 Å². The van der Waals surface area contributed by atoms with Crippen LogP contribution in [0.25, 0.3) is 0 Å². The average molecular weight is 316 g/mol. The first kappa shape index (κ1) is 13.1. The summed E-state index contributed by atoms with van der Waals surface area (Å²) in [5.74, 6) is 0.456. The van der Waals surface area contributed by atoms with E-state index in [0.29, 0.717) is 5.02 Å². The van der Waals surface area contributed by atoms with Gasteiger partial charge in [-0.3, -0.25) is 4.79 Å². The van der Waals surface area contributed by atoms with Crippen molar-refractivity contribution < 1.29 is 4.79 Å². The number of ketones is 1. The lowest BCUT2D eigenvalue weighted by atomic mass is 9.91. The minimum atomic E-state index is 0.197. The Kier molecular flexibility index (Phi) is 4.63. The number of Topliss-reactive ketones (excluding diaryl/α,β-unsaturated/α-hetero) is 1. The van der Waals surface area contributed by atoms with E-state index in [1.54, 1.807) is 6.07 Å². The highest BCUT2D eigenvalue weighted by Crippen LogP contribution is 2.28. The largest absolute Gasteiger partial charge is 0.294 e. The van der Waals surface area contributed by atoms with Crippen LogP contribution in [-0.2, 0) is 0 Å². The van der Waals surface area contributed by atoms with Gasteiger partial charge in [-0.1, -0.05) is 53.2 Å². The van der Waals surface area contributed by atoms with Crippen LogP contribution in [-0.4, -0.2) is 5.78 Å². The molecule has 1 nitrogen and oxygen atoms in total. The SMILES string of the molecule is O=C(c1cc(Cl)cc(Br)c1)C1CCCCCC1. The number of hydrogen-bond donors (Lipinski definition) is 0. The van der Waals surface area contributed by atoms with Crippen molar-refractivity contribution in [2.45, 2.75) is 38.5 Å². The summed E-state index contributed by atoms with van der Waals surface area (Å²) in [6, 6.07) is 5.46. The van der Waals surface area contributed by atoms with Gasteiger partial charge in [-0.25, -0.2) is 0 Å². The Morgan fingerprint density at radius 2 is 1.76 bits per heavy atom. The molecule has 92 valence electrons. The summed E-state index contributed by atoms with van der Waals surface area (Å²) in [7, 11) is 0. The Hall–Kier alpha value is -0.340. The van der Waals surface area contributed by atoms with Crippen molar-refractivity contribution in [2.75, 3.05) is 0 Å². The molecule has 0 radical (unpaired) electrons. The van der Waals surface area contributed by atoms with Crippen LogP contribution in [0.3, 0.4) is 0 Å². The summed E-state index contributed by atoms with van der Waals surface area (Å²) in [5.41, 5.74) is 0.747. The van der Waals surface area contributed by atoms with Crippen molar-refractivity contribution in [1.29, 1.82) is 0 Å². The lowest BCUT2D eigenvalue weighted by molar-refractivity contribution is 0.0908. The first-order valence-corrected chi connectivity index (χ1v) is 7.34. The molecule has 0 amide bonds. The number of rotatable bonds is 2. The summed E-state index contributed by atoms with van der Waals surface area (Å²) in [4.78, 5) is 12.4. The van der Waals surface area contributed by atoms with Crippen LogP contribution in [0, 0.1) is 5.92 Å². The first-order valence-electron chi connectivity index (χ1n) is 6.17. The molecule has 0 unspecified atom stereocenters. The van der Waals surface area contributed by atoms with E-state index in [1.807, 2.05) is 12.1 Å². The van der Waals surface area contributed by atoms with Crippen molar-refractivity contribution >= 4 is 33.3 Å². The van der Waals surface area contributed by atoms with Gasteiger partial charge in [0.05, 0.1) is 0 Å². The van der Waals surface area contributed by atoms with E-state index in [0.717, 1.165) is 22.9 Å². The zero-order chi connectivity index (χ0) is 12.3. The molecule has 0 spiro atoms. The summed E-state index contributed by atoms with van der Waals surface area (Å²) in [6.45, 7) is 0. The van der Waals surface area contributed by atoms with Crippen LogP contribution in [0.1, 0.15) is 48.9 Å². The highest BCUT2D eigenvalue weighted by Gasteiger charge is 2.21. The molecule has 1 aliphatic carbocycles. The predicted molar refractivity (Wildman–Crippen MR) is 74.7 cm³/mol. The molecule has 2 rings (SSSR count). The quantitative estimate of drug-likeness (QED) is 0.537. The molecule has 3 heteroatoms. The van der Waals surface area contributed by atoms with Gasteiger partial charge in [-0.2, -0.15) is 0 Å². The Morgan fingerprint density at radius 1 is 1.12 bits per heavy atom. The molecule has 0 atom stereocenters. The van der Waals surface area contributed by atoms with E-state index in [9.17, 15) is 4.79 Å². The highest BCUT2D eigenvalue weighted by atomic mass is 79.9. The zero-order valence-electron chi connectivity index (χ0n) is 9.72. The van der Waals surface area contributed by atoms with Crippen LogP contribution in [0.15, 0.2) is 22.7 Å². The maximum Gasteiger partial charge on any atom is 0.166 e. The molecule has 1 fully saturated rings. The third-order valence-corrected chi connectivity index (χ3v) is 4.05. The molecule has 0 N–H and O–H groups in total. The Morgan fingerprint density at radius 3 is 2.35 bits per heavy atom. The molecule has 0 aromatic heterocycles. The second-order valence-electron chi connectivity index (χ2n) is 4.71. The molecule has 17 heavy (non-hydrogen) atoms. The van der Waals surface area contributed by atoms with Gasteiger partial charge in [0.1, 0.15) is 0 Å². The van der Waals surface area contributed by atoms with Gasteiger partial charge < -0.3 is 0 Å². The van der Waals surface area contributed by atoms with E-state index >= 15 is 0 Å². The number of carbonyl (C=O) groups is 1. The molecule has 1 aromatic carbocycles. The smallest absolute Gasteiger partial charge is 0.166 e. The van der Waals surface area contributed by atoms with Gasteiger partial charge in [-0.15, -0.1) is 0 Å². The van der Waals surface area contributed by atoms with Crippen LogP contribution in [0.2, 0.25) is 5.02 Å². The van der Waals surface area contributed by atoms with Crippen molar-refractivity contribution in [3.05, 3.63) is 33.3 Å². The number of hydrogen-bond acceptors (Lipinski definition) is 1. The fourth-order valence-electron chi connectivity index (χ4n) is 2.47. The fraction of sp³-hybridized carbons (Fsp3) is 0.500. The average Bonchev–Trinajstić information content (AvgIpc) is 2.55. The van der Waals surface area contributed by atoms with Gasteiger partial charge in [0.2, 0.25) is 0 Å². The fourth-order valence-corrected chi connectivity index (χ4v) is 3.33. The minimum absolute atomic E-state index is 0.197. The first-order chi connectivity index (χ1) is 8.16. The predicted octanol–water partition coefficient (Wildman–Crippen LogP) is 5.26. The van der Waals surface area contributed by atoms with Gasteiger partial charge in [0.25, 0.3) is 0 Å². The molecule has 1 aromatic rings. The highest BCUT2D eigenvalue weighted by molar-refractivity contribution is 9.10. The summed E-state index contributed by atoms with van der Waals surface area (Å²) in [6.07, 6.45) is 6.95. The normalized spacial score (nSPS) is 17.8. The number of benzene rings is 1. The van der Waals surface area contributed by atoms with Crippen molar-refractivity contribution in [2.24, 2.45) is 5.92 Å². The van der Waals surface area contributed by atoms with E-state index in [1.165, 1.54) is 25.7 Å². The van der Waals surface area contributed by atoms with Crippen LogP contribution in [0.5, 0.6) is 0 Å². The lowest BCUT2D eigenvalue weighted by Gasteiger charge is -2.13. The Labute approximate surface area is 116 Å². The van der Waals surface area contributed by atoms with Crippen LogP contribution >= 0.6 is 27.5 Å². The standard InChI is InChI=1S/C14H16BrClO/c15-12-7-11(8-13(16)9-12)14(17)10-5-3-1-2-4-6-10/h7-10H,1-6H2. The second kappa shape index (κ2) is 6.01. The maximum absolute atomic E-state index is 12.4. The topological polar surface area (TPSA) is 17.1 Å². The molecule has 0 bridgehead atoms. The number of carbonyl (C=O) groups excluding carboxylic acids is 1. The second-order valence-corrected chi connectivity index (χ2v) is 6.06. The minimum Gasteiger partial charge on any atom is -0.294 e. The van der Waals surface area contributed by atoms with E-state index in [2.05, 4.69) is 15.9 Å². The van der Waals surface area contributed by atoms with E-state index < -0.39 is 0 Å². The maximum atomic E-state index is 12.4. The van der Waals surface area contributed by atoms with Gasteiger partial charge in [0.15, 0.2) is 5.78 Å². The molecular formula is C14H16BrClO. The monoisotopic (exact) mass is 314 g/mol.